The third-order valence-corrected chi connectivity index (χ3v) is 5.44. The Labute approximate surface area is 172 Å². The van der Waals surface area contributed by atoms with Crippen LogP contribution in [-0.2, 0) is 4.74 Å². The minimum Gasteiger partial charge on any atom is -0.465 e. The van der Waals surface area contributed by atoms with Crippen molar-refractivity contribution in [1.82, 2.24) is 4.90 Å². The van der Waals surface area contributed by atoms with Gasteiger partial charge in [0.2, 0.25) is 0 Å². The van der Waals surface area contributed by atoms with Crippen molar-refractivity contribution in [2.24, 2.45) is 0 Å². The number of aryl methyl sites for hydroxylation is 1. The number of nitrogens with zero attached hydrogens (tertiary/aromatic N) is 2. The van der Waals surface area contributed by atoms with Crippen LogP contribution in [0.5, 0.6) is 0 Å². The Morgan fingerprint density at radius 1 is 1.03 bits per heavy atom. The molecular formula is C23H29N3O3. The molecule has 0 aliphatic carbocycles. The number of hydrogen-bond donors (Lipinski definition) is 1. The molecule has 154 valence electrons. The van der Waals surface area contributed by atoms with Crippen molar-refractivity contribution >= 4 is 23.3 Å². The van der Waals surface area contributed by atoms with Gasteiger partial charge in [0.1, 0.15) is 0 Å². The fourth-order valence-electron chi connectivity index (χ4n) is 3.65. The van der Waals surface area contributed by atoms with Crippen molar-refractivity contribution in [3.8, 4) is 0 Å². The minimum absolute atomic E-state index is 0.188. The van der Waals surface area contributed by atoms with E-state index in [2.05, 4.69) is 29.0 Å². The van der Waals surface area contributed by atoms with Gasteiger partial charge in [0.05, 0.1) is 24.0 Å². The Morgan fingerprint density at radius 3 is 2.34 bits per heavy atom. The highest BCUT2D eigenvalue weighted by atomic mass is 16.5. The van der Waals surface area contributed by atoms with E-state index in [1.165, 1.54) is 7.11 Å². The largest absolute Gasteiger partial charge is 0.465 e. The summed E-state index contributed by atoms with van der Waals surface area (Å²) < 4.78 is 4.85. The number of rotatable bonds is 5. The summed E-state index contributed by atoms with van der Waals surface area (Å²) in [6.07, 6.45) is 0. The third kappa shape index (κ3) is 4.77. The number of anilines is 2. The molecule has 0 unspecified atom stereocenters. The van der Waals surface area contributed by atoms with Crippen molar-refractivity contribution in [3.63, 3.8) is 0 Å². The lowest BCUT2D eigenvalue weighted by molar-refractivity contribution is 0.0600. The summed E-state index contributed by atoms with van der Waals surface area (Å²) in [5, 5.41) is 3.02. The Balaban J connectivity index is 1.89. The number of methoxy groups -OCH3 is 1. The summed E-state index contributed by atoms with van der Waals surface area (Å²) in [7, 11) is 1.35. The van der Waals surface area contributed by atoms with Gasteiger partial charge >= 0.3 is 5.97 Å². The van der Waals surface area contributed by atoms with Gasteiger partial charge in [-0.05, 0) is 50.6 Å². The standard InChI is InChI=1S/C23H29N3O3/c1-16(2)25-11-13-26(14-12-25)21-10-9-18(23(28)29-4)15-20(21)24-22(27)19-8-6-5-7-17(19)3/h5-10,15-16H,11-14H2,1-4H3,(H,24,27). The molecule has 1 aliphatic rings. The minimum atomic E-state index is -0.424. The number of nitrogens with one attached hydrogen (secondary N) is 1. The van der Waals surface area contributed by atoms with Gasteiger partial charge in [-0.1, -0.05) is 18.2 Å². The fourth-order valence-corrected chi connectivity index (χ4v) is 3.65. The summed E-state index contributed by atoms with van der Waals surface area (Å²) in [6, 6.07) is 13.3. The van der Waals surface area contributed by atoms with Crippen LogP contribution in [0.15, 0.2) is 42.5 Å². The number of piperazine rings is 1. The van der Waals surface area contributed by atoms with Crippen LogP contribution in [-0.4, -0.2) is 56.1 Å². The van der Waals surface area contributed by atoms with Crippen molar-refractivity contribution in [2.45, 2.75) is 26.8 Å². The average Bonchev–Trinajstić information content (AvgIpc) is 2.73. The van der Waals surface area contributed by atoms with E-state index in [9.17, 15) is 9.59 Å². The van der Waals surface area contributed by atoms with Crippen molar-refractivity contribution in [2.75, 3.05) is 43.5 Å². The molecule has 29 heavy (non-hydrogen) atoms. The first-order chi connectivity index (χ1) is 13.9. The summed E-state index contributed by atoms with van der Waals surface area (Å²) >= 11 is 0. The zero-order chi connectivity index (χ0) is 21.0. The summed E-state index contributed by atoms with van der Waals surface area (Å²) in [5.74, 6) is -0.611. The number of carbonyl (C=O) groups excluding carboxylic acids is 2. The zero-order valence-electron chi connectivity index (χ0n) is 17.6. The van der Waals surface area contributed by atoms with E-state index in [1.54, 1.807) is 18.2 Å². The van der Waals surface area contributed by atoms with E-state index in [-0.39, 0.29) is 5.91 Å². The maximum absolute atomic E-state index is 12.9. The van der Waals surface area contributed by atoms with E-state index in [0.717, 1.165) is 37.4 Å². The summed E-state index contributed by atoms with van der Waals surface area (Å²) in [4.78, 5) is 29.6. The zero-order valence-corrected chi connectivity index (χ0v) is 17.6. The number of carbonyl (C=O) groups is 2. The predicted octanol–water partition coefficient (Wildman–Crippen LogP) is 3.56. The van der Waals surface area contributed by atoms with Crippen molar-refractivity contribution in [3.05, 3.63) is 59.2 Å². The van der Waals surface area contributed by atoms with Gasteiger partial charge in [-0.2, -0.15) is 0 Å². The lowest BCUT2D eigenvalue weighted by Crippen LogP contribution is -2.49. The number of esters is 1. The van der Waals surface area contributed by atoms with Crippen LogP contribution in [0.3, 0.4) is 0 Å². The van der Waals surface area contributed by atoms with Gasteiger partial charge in [0.25, 0.3) is 5.91 Å². The Bertz CT molecular complexity index is 887. The summed E-state index contributed by atoms with van der Waals surface area (Å²) in [5.41, 5.74) is 3.48. The van der Waals surface area contributed by atoms with Gasteiger partial charge in [-0.3, -0.25) is 9.69 Å². The van der Waals surface area contributed by atoms with Crippen LogP contribution in [0.4, 0.5) is 11.4 Å². The van der Waals surface area contributed by atoms with Crippen LogP contribution in [0.2, 0.25) is 0 Å². The van der Waals surface area contributed by atoms with Gasteiger partial charge in [-0.15, -0.1) is 0 Å². The quantitative estimate of drug-likeness (QED) is 0.785. The molecule has 0 radical (unpaired) electrons. The molecular weight excluding hydrogens is 366 g/mol. The van der Waals surface area contributed by atoms with Crippen LogP contribution in [0, 0.1) is 6.92 Å². The van der Waals surface area contributed by atoms with E-state index in [0.29, 0.717) is 22.9 Å². The molecule has 0 saturated carbocycles. The molecule has 6 heteroatoms. The lowest BCUT2D eigenvalue weighted by atomic mass is 10.1. The number of ether oxygens (including phenoxy) is 1. The molecule has 1 N–H and O–H groups in total. The smallest absolute Gasteiger partial charge is 0.337 e. The Morgan fingerprint density at radius 2 is 1.72 bits per heavy atom. The number of hydrogen-bond acceptors (Lipinski definition) is 5. The molecule has 6 nitrogen and oxygen atoms in total. The van der Waals surface area contributed by atoms with Crippen molar-refractivity contribution < 1.29 is 14.3 Å². The normalized spacial score (nSPS) is 14.7. The first kappa shape index (κ1) is 20.9. The van der Waals surface area contributed by atoms with Crippen LogP contribution in [0.1, 0.15) is 40.1 Å². The predicted molar refractivity (Wildman–Crippen MR) is 116 cm³/mol. The molecule has 0 aromatic heterocycles. The molecule has 1 fully saturated rings. The molecule has 0 atom stereocenters. The second-order valence-corrected chi connectivity index (χ2v) is 7.61. The van der Waals surface area contributed by atoms with Gasteiger partial charge in [-0.25, -0.2) is 4.79 Å². The maximum atomic E-state index is 12.9. The molecule has 1 amide bonds. The molecule has 1 aliphatic heterocycles. The van der Waals surface area contributed by atoms with Crippen LogP contribution < -0.4 is 10.2 Å². The van der Waals surface area contributed by atoms with Gasteiger partial charge < -0.3 is 15.0 Å². The Hall–Kier alpha value is -2.86. The van der Waals surface area contributed by atoms with Crippen LogP contribution in [0.25, 0.3) is 0 Å². The summed E-state index contributed by atoms with van der Waals surface area (Å²) in [6.45, 7) is 9.96. The Kier molecular flexibility index (Phi) is 6.54. The third-order valence-electron chi connectivity index (χ3n) is 5.44. The van der Waals surface area contributed by atoms with E-state index in [1.807, 2.05) is 31.2 Å². The molecule has 2 aromatic rings. The second kappa shape index (κ2) is 9.09. The maximum Gasteiger partial charge on any atom is 0.337 e. The molecule has 2 aromatic carbocycles. The highest BCUT2D eigenvalue weighted by molar-refractivity contribution is 6.07. The van der Waals surface area contributed by atoms with Gasteiger partial charge in [0, 0.05) is 37.8 Å². The van der Waals surface area contributed by atoms with Crippen molar-refractivity contribution in [1.29, 1.82) is 0 Å². The highest BCUT2D eigenvalue weighted by Gasteiger charge is 2.23. The van der Waals surface area contributed by atoms with Gasteiger partial charge in [0.15, 0.2) is 0 Å². The fraction of sp³-hybridized carbons (Fsp3) is 0.391. The molecule has 3 rings (SSSR count). The average molecular weight is 396 g/mol. The van der Waals surface area contributed by atoms with E-state index in [4.69, 9.17) is 4.74 Å². The highest BCUT2D eigenvalue weighted by Crippen LogP contribution is 2.29. The number of amides is 1. The molecule has 0 spiro atoms. The monoisotopic (exact) mass is 395 g/mol. The molecule has 1 heterocycles. The van der Waals surface area contributed by atoms with E-state index >= 15 is 0 Å². The topological polar surface area (TPSA) is 61.9 Å². The van der Waals surface area contributed by atoms with Crippen LogP contribution >= 0.6 is 0 Å². The lowest BCUT2D eigenvalue weighted by Gasteiger charge is -2.38. The number of benzene rings is 2. The molecule has 1 saturated heterocycles. The van der Waals surface area contributed by atoms with E-state index < -0.39 is 5.97 Å². The second-order valence-electron chi connectivity index (χ2n) is 7.61. The first-order valence-electron chi connectivity index (χ1n) is 9.99. The first-order valence-corrected chi connectivity index (χ1v) is 9.99. The molecule has 0 bridgehead atoms. The SMILES string of the molecule is COC(=O)c1ccc(N2CCN(C(C)C)CC2)c(NC(=O)c2ccccc2C)c1.